The largest absolute Gasteiger partial charge is 0.387 e. The van der Waals surface area contributed by atoms with E-state index in [2.05, 4.69) is 139 Å². The second-order valence-corrected chi connectivity index (χ2v) is 24.5. The monoisotopic (exact) mass is 1250 g/mol. The van der Waals surface area contributed by atoms with Crippen molar-refractivity contribution in [1.29, 1.82) is 0 Å². The molecule has 90 heavy (non-hydrogen) atoms. The maximum absolute atomic E-state index is 11.7. The molecule has 5 aromatic carbocycles. The van der Waals surface area contributed by atoms with Crippen molar-refractivity contribution in [2.75, 3.05) is 57.4 Å². The molecule has 3 fully saturated rings. The highest BCUT2D eigenvalue weighted by atomic mass is 32.2. The molecule has 0 spiro atoms. The van der Waals surface area contributed by atoms with Crippen molar-refractivity contribution in [2.45, 2.75) is 118 Å². The lowest BCUT2D eigenvalue weighted by Crippen LogP contribution is -2.39. The van der Waals surface area contributed by atoms with Gasteiger partial charge >= 0.3 is 0 Å². The highest BCUT2D eigenvalue weighted by molar-refractivity contribution is 7.85. The van der Waals surface area contributed by atoms with Crippen molar-refractivity contribution in [3.8, 4) is 0 Å². The highest BCUT2D eigenvalue weighted by Crippen LogP contribution is 2.36. The van der Waals surface area contributed by atoms with Crippen LogP contribution >= 0.6 is 0 Å². The minimum Gasteiger partial charge on any atom is -0.387 e. The van der Waals surface area contributed by atoms with Gasteiger partial charge in [0.2, 0.25) is 0 Å². The number of aliphatic hydroxyl groups excluding tert-OH is 4. The van der Waals surface area contributed by atoms with E-state index in [1.54, 1.807) is 18.0 Å². The fourth-order valence-electron chi connectivity index (χ4n) is 12.0. The molecule has 1 aliphatic carbocycles. The molecule has 9 aromatic rings. The van der Waals surface area contributed by atoms with Gasteiger partial charge in [-0.3, -0.25) is 13.3 Å². The Hall–Kier alpha value is -7.69. The van der Waals surface area contributed by atoms with Crippen molar-refractivity contribution >= 4 is 44.1 Å². The Labute approximate surface area is 523 Å². The van der Waals surface area contributed by atoms with Gasteiger partial charge in [0, 0.05) is 57.8 Å². The Morgan fingerprint density at radius 2 is 0.900 bits per heavy atom. The molecule has 23 nitrogen and oxygen atoms in total. The van der Waals surface area contributed by atoms with E-state index in [1.165, 1.54) is 34.7 Å². The van der Waals surface area contributed by atoms with E-state index in [-0.39, 0.29) is 36.5 Å². The standard InChI is InChI=1S/C39H47N7O4.C27H31N5O7S/c1-49-24-32-35(47)36(48)39(50-32)46-25-43-34-37(42-22-31(27-13-7-3-8-14-27)28-15-9-4-10-16-28)44-33(45-38(34)46)23-41-30-19-17-29(18-20-30)40-21-26-11-5-2-6-12-26;1-37-14-20-23(33)24(34)27(39-20)32-16-29-22-25(30-21(31-26(22)32)15-38-40(2,35)36)28-13-19(17-9-5-3-6-10-17)18-11-7-4-8-12-18/h2-16,25,29-32,35-36,39-41,47-48H,17-24H2,1H3,(H,42,44,45);3-12,16,19-20,23-24,27,33-34H,13-15H2,1-2H3,(H,28,30,31)/t29?,30?,32-,35-,36-,39-;20-,23-,24-,27-/m11/s1. The molecular formula is C66H78N12O11S. The van der Waals surface area contributed by atoms with Crippen LogP contribution in [0.2, 0.25) is 0 Å². The van der Waals surface area contributed by atoms with Gasteiger partial charge in [0.1, 0.15) is 49.1 Å². The van der Waals surface area contributed by atoms with Crippen LogP contribution in [0, 0.1) is 0 Å². The van der Waals surface area contributed by atoms with Crippen molar-refractivity contribution in [3.05, 3.63) is 204 Å². The third kappa shape index (κ3) is 15.5. The lowest BCUT2D eigenvalue weighted by atomic mass is 9.91. The predicted octanol–water partition coefficient (Wildman–Crippen LogP) is 6.34. The number of hydrogen-bond acceptors (Lipinski definition) is 21. The van der Waals surface area contributed by atoms with E-state index in [4.69, 9.17) is 38.1 Å². The summed E-state index contributed by atoms with van der Waals surface area (Å²) >= 11 is 0. The topological polar surface area (TPSA) is 297 Å². The second-order valence-electron chi connectivity index (χ2n) is 22.9. The van der Waals surface area contributed by atoms with Gasteiger partial charge in [-0.2, -0.15) is 8.42 Å². The number of nitrogens with one attached hydrogen (secondary N) is 4. The molecule has 8 atom stereocenters. The van der Waals surface area contributed by atoms with E-state index >= 15 is 0 Å². The number of aliphatic hydroxyl groups is 4. The van der Waals surface area contributed by atoms with Gasteiger partial charge in [-0.15, -0.1) is 0 Å². The molecule has 4 aromatic heterocycles. The van der Waals surface area contributed by atoms with Gasteiger partial charge in [-0.25, -0.2) is 29.9 Å². The summed E-state index contributed by atoms with van der Waals surface area (Å²) in [5.41, 5.74) is 7.63. The number of aromatic nitrogens is 8. The van der Waals surface area contributed by atoms with Gasteiger partial charge in [0.15, 0.2) is 52.2 Å². The molecule has 12 rings (SSSR count). The summed E-state index contributed by atoms with van der Waals surface area (Å²) in [4.78, 5) is 28.1. The third-order valence-electron chi connectivity index (χ3n) is 16.7. The normalized spacial score (nSPS) is 22.7. The number of fused-ring (bicyclic) bond motifs is 2. The summed E-state index contributed by atoms with van der Waals surface area (Å²) < 4.78 is 53.8. The van der Waals surface area contributed by atoms with Crippen molar-refractivity contribution in [3.63, 3.8) is 0 Å². The fraction of sp³-hybridized carbons (Fsp3) is 0.394. The first-order valence-corrected chi connectivity index (χ1v) is 32.1. The molecule has 0 radical (unpaired) electrons. The summed E-state index contributed by atoms with van der Waals surface area (Å²) in [7, 11) is -0.750. The molecule has 1 saturated carbocycles. The SMILES string of the molecule is COC[C@H]1O[C@@H](n2cnc3c(NCC(c4ccccc4)c4ccccc4)nc(CNC4CCC(NCc5ccccc5)CC4)nc32)[C@H](O)[C@@H]1O.COC[C@H]1O[C@@H](n2cnc3c(NCC(c4ccccc4)c4ccccc4)nc(COS(C)(=O)=O)nc32)[C@H](O)[C@@H]1O. The lowest BCUT2D eigenvalue weighted by molar-refractivity contribution is -0.0580. The Kier molecular flexibility index (Phi) is 21.3. The minimum atomic E-state index is -3.76. The molecule has 24 heteroatoms. The van der Waals surface area contributed by atoms with Crippen molar-refractivity contribution in [1.82, 2.24) is 49.7 Å². The van der Waals surface area contributed by atoms with Gasteiger partial charge in [-0.1, -0.05) is 152 Å². The number of hydrogen-bond donors (Lipinski definition) is 8. The third-order valence-corrected chi connectivity index (χ3v) is 17.2. The molecular weight excluding hydrogens is 1170 g/mol. The zero-order valence-corrected chi connectivity index (χ0v) is 51.2. The number of ether oxygens (including phenoxy) is 4. The van der Waals surface area contributed by atoms with Crippen LogP contribution in [-0.2, 0) is 52.9 Å². The van der Waals surface area contributed by atoms with Gasteiger partial charge in [0.05, 0.1) is 38.7 Å². The molecule has 0 unspecified atom stereocenters. The molecule has 2 aliphatic heterocycles. The molecule has 474 valence electrons. The average Bonchev–Trinajstić information content (AvgIpc) is 2.34. The number of nitrogens with zero attached hydrogens (tertiary/aromatic N) is 8. The first-order chi connectivity index (χ1) is 43.8. The van der Waals surface area contributed by atoms with Crippen LogP contribution in [0.3, 0.4) is 0 Å². The van der Waals surface area contributed by atoms with E-state index < -0.39 is 65.8 Å². The minimum absolute atomic E-state index is 0.0323. The summed E-state index contributed by atoms with van der Waals surface area (Å²) in [5.74, 6) is 1.70. The van der Waals surface area contributed by atoms with Crippen LogP contribution in [0.1, 0.15) is 89.4 Å². The summed E-state index contributed by atoms with van der Waals surface area (Å²) in [6, 6.07) is 52.3. The highest BCUT2D eigenvalue weighted by Gasteiger charge is 2.46. The van der Waals surface area contributed by atoms with Gasteiger partial charge in [-0.05, 0) is 53.5 Å². The van der Waals surface area contributed by atoms with Crippen LogP contribution in [0.4, 0.5) is 11.6 Å². The first-order valence-electron chi connectivity index (χ1n) is 30.3. The molecule has 6 heterocycles. The summed E-state index contributed by atoms with van der Waals surface area (Å²) in [6.07, 6.45) is 0.264. The van der Waals surface area contributed by atoms with Gasteiger partial charge < -0.3 is 60.6 Å². The molecule has 0 bridgehead atoms. The average molecular weight is 1250 g/mol. The zero-order chi connectivity index (χ0) is 62.6. The lowest BCUT2D eigenvalue weighted by Gasteiger charge is -2.30. The number of imidazole rings is 2. The Morgan fingerprint density at radius 1 is 0.522 bits per heavy atom. The zero-order valence-electron chi connectivity index (χ0n) is 50.4. The van der Waals surface area contributed by atoms with E-state index in [1.807, 2.05) is 48.5 Å². The fourth-order valence-corrected chi connectivity index (χ4v) is 12.3. The van der Waals surface area contributed by atoms with Gasteiger partial charge in [0.25, 0.3) is 10.1 Å². The Balaban J connectivity index is 0.000000190. The van der Waals surface area contributed by atoms with Crippen molar-refractivity contribution in [2.24, 2.45) is 0 Å². The Bertz CT molecular complexity index is 3740. The van der Waals surface area contributed by atoms with E-state index in [0.717, 1.165) is 49.6 Å². The van der Waals surface area contributed by atoms with E-state index in [0.29, 0.717) is 65.9 Å². The number of anilines is 2. The Morgan fingerprint density at radius 3 is 1.30 bits per heavy atom. The second kappa shape index (κ2) is 30.0. The number of benzene rings is 5. The molecule has 2 saturated heterocycles. The number of rotatable bonds is 25. The molecule has 3 aliphatic rings. The van der Waals surface area contributed by atoms with Crippen LogP contribution < -0.4 is 21.3 Å². The number of methoxy groups -OCH3 is 2. The quantitative estimate of drug-likeness (QED) is 0.0290. The maximum atomic E-state index is 11.7. The summed E-state index contributed by atoms with van der Waals surface area (Å²) in [5, 5.41) is 57.3. The smallest absolute Gasteiger partial charge is 0.264 e. The molecule has 8 N–H and O–H groups in total. The van der Waals surface area contributed by atoms with Crippen LogP contribution in [-0.4, -0.2) is 163 Å². The molecule has 0 amide bonds. The van der Waals surface area contributed by atoms with Crippen molar-refractivity contribution < 1.29 is 52.0 Å². The van der Waals surface area contributed by atoms with Crippen LogP contribution in [0.25, 0.3) is 22.3 Å². The van der Waals surface area contributed by atoms with E-state index in [9.17, 15) is 28.8 Å². The van der Waals surface area contributed by atoms with Crippen LogP contribution in [0.15, 0.2) is 164 Å². The summed E-state index contributed by atoms with van der Waals surface area (Å²) in [6.45, 7) is 2.22. The first kappa shape index (κ1) is 63.9. The predicted molar refractivity (Wildman–Crippen MR) is 338 cm³/mol. The van der Waals surface area contributed by atoms with Crippen LogP contribution in [0.5, 0.6) is 0 Å². The maximum Gasteiger partial charge on any atom is 0.264 e.